The van der Waals surface area contributed by atoms with Crippen LogP contribution >= 0.6 is 0 Å². The van der Waals surface area contributed by atoms with Crippen molar-refractivity contribution in [3.8, 4) is 0 Å². The van der Waals surface area contributed by atoms with Crippen molar-refractivity contribution in [2.75, 3.05) is 11.9 Å². The third-order valence-corrected chi connectivity index (χ3v) is 4.83. The molecule has 7 nitrogen and oxygen atoms in total. The van der Waals surface area contributed by atoms with E-state index in [4.69, 9.17) is 9.51 Å². The predicted octanol–water partition coefficient (Wildman–Crippen LogP) is 3.54. The molecule has 0 aliphatic rings. The lowest BCUT2D eigenvalue weighted by atomic mass is 10.1. The van der Waals surface area contributed by atoms with E-state index in [-0.39, 0.29) is 0 Å². The first-order chi connectivity index (χ1) is 13.6. The number of fused-ring (bicyclic) bond motifs is 1. The number of hydrogen-bond donors (Lipinski definition) is 1. The van der Waals surface area contributed by atoms with Crippen LogP contribution in [0.15, 0.2) is 40.9 Å². The molecule has 0 atom stereocenters. The van der Waals surface area contributed by atoms with Gasteiger partial charge in [0.2, 0.25) is 5.89 Å². The average molecular weight is 376 g/mol. The molecule has 144 valence electrons. The molecule has 3 heterocycles. The zero-order valence-corrected chi connectivity index (χ0v) is 16.4. The Bertz CT molecular complexity index is 1080. The first kappa shape index (κ1) is 18.2. The van der Waals surface area contributed by atoms with E-state index in [1.54, 1.807) is 0 Å². The molecular weight excluding hydrogens is 352 g/mol. The minimum Gasteiger partial charge on any atom is -0.369 e. The van der Waals surface area contributed by atoms with Gasteiger partial charge in [0.15, 0.2) is 11.5 Å². The van der Waals surface area contributed by atoms with Crippen LogP contribution in [-0.4, -0.2) is 31.3 Å². The van der Waals surface area contributed by atoms with Gasteiger partial charge in [-0.2, -0.15) is 14.6 Å². The Balaban J connectivity index is 1.44. The predicted molar refractivity (Wildman–Crippen MR) is 108 cm³/mol. The molecule has 0 fully saturated rings. The van der Waals surface area contributed by atoms with E-state index >= 15 is 0 Å². The minimum absolute atomic E-state index is 0.632. The van der Waals surface area contributed by atoms with Crippen LogP contribution in [0.2, 0.25) is 0 Å². The van der Waals surface area contributed by atoms with Gasteiger partial charge in [-0.05, 0) is 25.8 Å². The van der Waals surface area contributed by atoms with Gasteiger partial charge in [-0.1, -0.05) is 42.4 Å². The fraction of sp³-hybridized carbons (Fsp3) is 0.333. The summed E-state index contributed by atoms with van der Waals surface area (Å²) in [5.41, 5.74) is 5.22. The first-order valence-electron chi connectivity index (χ1n) is 9.59. The molecule has 0 amide bonds. The van der Waals surface area contributed by atoms with Gasteiger partial charge in [-0.3, -0.25) is 0 Å². The smallest absolute Gasteiger partial charge is 0.228 e. The van der Waals surface area contributed by atoms with Gasteiger partial charge in [0.05, 0.1) is 5.69 Å². The molecule has 0 radical (unpaired) electrons. The zero-order chi connectivity index (χ0) is 19.5. The number of aryl methyl sites for hydroxylation is 3. The molecule has 7 heteroatoms. The molecule has 0 saturated carbocycles. The van der Waals surface area contributed by atoms with Gasteiger partial charge in [0.1, 0.15) is 5.82 Å². The van der Waals surface area contributed by atoms with Crippen LogP contribution in [0.4, 0.5) is 5.82 Å². The number of hydrogen-bond acceptors (Lipinski definition) is 6. The van der Waals surface area contributed by atoms with E-state index in [1.165, 1.54) is 5.56 Å². The van der Waals surface area contributed by atoms with Gasteiger partial charge < -0.3 is 9.84 Å². The summed E-state index contributed by atoms with van der Waals surface area (Å²) in [6.45, 7) is 6.84. The fourth-order valence-electron chi connectivity index (χ4n) is 3.13. The van der Waals surface area contributed by atoms with E-state index in [0.717, 1.165) is 34.8 Å². The average Bonchev–Trinajstić information content (AvgIpc) is 3.27. The molecule has 4 aromatic rings. The van der Waals surface area contributed by atoms with Crippen molar-refractivity contribution in [2.45, 2.75) is 40.0 Å². The molecule has 4 rings (SSSR count). The molecule has 0 spiro atoms. The number of nitrogens with one attached hydrogen (secondary N) is 1. The van der Waals surface area contributed by atoms with Crippen molar-refractivity contribution in [1.82, 2.24) is 24.7 Å². The molecule has 0 bridgehead atoms. The molecular formula is C21H24N6O. The number of aromatic nitrogens is 5. The van der Waals surface area contributed by atoms with E-state index < -0.39 is 0 Å². The zero-order valence-electron chi connectivity index (χ0n) is 16.4. The van der Waals surface area contributed by atoms with Gasteiger partial charge >= 0.3 is 0 Å². The molecule has 28 heavy (non-hydrogen) atoms. The van der Waals surface area contributed by atoms with Gasteiger partial charge in [0, 0.05) is 36.7 Å². The van der Waals surface area contributed by atoms with Crippen LogP contribution in [-0.2, 0) is 19.3 Å². The lowest BCUT2D eigenvalue weighted by Crippen LogP contribution is -2.11. The normalized spacial score (nSPS) is 11.2. The first-order valence-corrected chi connectivity index (χ1v) is 9.59. The SMILES string of the molecule is CCc1cc(NCCc2nc(Cc3ccccc3)no2)n2nc(C)c(C)c2n1. The van der Waals surface area contributed by atoms with E-state index in [1.807, 2.05) is 35.7 Å². The third kappa shape index (κ3) is 3.74. The monoisotopic (exact) mass is 376 g/mol. The summed E-state index contributed by atoms with van der Waals surface area (Å²) in [6.07, 6.45) is 2.20. The second-order valence-corrected chi connectivity index (χ2v) is 6.88. The standard InChI is InChI=1S/C21H24N6O/c1-4-17-13-19(27-21(23-17)14(2)15(3)25-27)22-11-10-20-24-18(26-28-20)12-16-8-6-5-7-9-16/h5-9,13,22H,4,10-12H2,1-3H3. The van der Waals surface area contributed by atoms with Crippen LogP contribution in [0.3, 0.4) is 0 Å². The summed E-state index contributed by atoms with van der Waals surface area (Å²) in [5, 5.41) is 12.1. The number of nitrogens with zero attached hydrogens (tertiary/aromatic N) is 5. The van der Waals surface area contributed by atoms with E-state index in [2.05, 4.69) is 46.5 Å². The van der Waals surface area contributed by atoms with Crippen LogP contribution in [0, 0.1) is 13.8 Å². The summed E-state index contributed by atoms with van der Waals surface area (Å²) in [4.78, 5) is 9.20. The largest absolute Gasteiger partial charge is 0.369 e. The van der Waals surface area contributed by atoms with Crippen molar-refractivity contribution in [3.63, 3.8) is 0 Å². The number of rotatable bonds is 7. The molecule has 0 saturated heterocycles. The topological polar surface area (TPSA) is 81.1 Å². The Hall–Kier alpha value is -3.22. The quantitative estimate of drug-likeness (QED) is 0.531. The third-order valence-electron chi connectivity index (χ3n) is 4.83. The summed E-state index contributed by atoms with van der Waals surface area (Å²) in [6, 6.07) is 12.2. The maximum Gasteiger partial charge on any atom is 0.228 e. The summed E-state index contributed by atoms with van der Waals surface area (Å²) in [5.74, 6) is 2.27. The minimum atomic E-state index is 0.632. The second kappa shape index (κ2) is 7.80. The highest BCUT2D eigenvalue weighted by molar-refractivity contribution is 5.56. The van der Waals surface area contributed by atoms with Crippen molar-refractivity contribution in [1.29, 1.82) is 0 Å². The Kier molecular flexibility index (Phi) is 5.06. The number of anilines is 1. The van der Waals surface area contributed by atoms with Crippen molar-refractivity contribution >= 4 is 11.5 Å². The highest BCUT2D eigenvalue weighted by atomic mass is 16.5. The number of benzene rings is 1. The van der Waals surface area contributed by atoms with Crippen LogP contribution in [0.25, 0.3) is 5.65 Å². The van der Waals surface area contributed by atoms with Crippen LogP contribution in [0.5, 0.6) is 0 Å². The van der Waals surface area contributed by atoms with Gasteiger partial charge in [-0.25, -0.2) is 4.98 Å². The van der Waals surface area contributed by atoms with Crippen molar-refractivity contribution in [2.24, 2.45) is 0 Å². The molecule has 3 aromatic heterocycles. The second-order valence-electron chi connectivity index (χ2n) is 6.88. The molecule has 1 N–H and O–H groups in total. The summed E-state index contributed by atoms with van der Waals surface area (Å²) in [7, 11) is 0. The van der Waals surface area contributed by atoms with Crippen molar-refractivity contribution < 1.29 is 4.52 Å². The summed E-state index contributed by atoms with van der Waals surface area (Å²) < 4.78 is 7.27. The van der Waals surface area contributed by atoms with Crippen molar-refractivity contribution in [3.05, 3.63) is 70.6 Å². The lowest BCUT2D eigenvalue weighted by Gasteiger charge is -2.09. The lowest BCUT2D eigenvalue weighted by molar-refractivity contribution is 0.376. The Morgan fingerprint density at radius 3 is 2.71 bits per heavy atom. The molecule has 0 aliphatic carbocycles. The highest BCUT2D eigenvalue weighted by Gasteiger charge is 2.12. The van der Waals surface area contributed by atoms with Gasteiger partial charge in [0.25, 0.3) is 0 Å². The molecule has 0 aliphatic heterocycles. The fourth-order valence-corrected chi connectivity index (χ4v) is 3.13. The molecule has 0 unspecified atom stereocenters. The molecule has 1 aromatic carbocycles. The Morgan fingerprint density at radius 2 is 1.93 bits per heavy atom. The summed E-state index contributed by atoms with van der Waals surface area (Å²) >= 11 is 0. The maximum atomic E-state index is 5.39. The Morgan fingerprint density at radius 1 is 1.11 bits per heavy atom. The van der Waals surface area contributed by atoms with E-state index in [0.29, 0.717) is 31.1 Å². The maximum absolute atomic E-state index is 5.39. The highest BCUT2D eigenvalue weighted by Crippen LogP contribution is 2.19. The van der Waals surface area contributed by atoms with Gasteiger partial charge in [-0.15, -0.1) is 0 Å². The van der Waals surface area contributed by atoms with Crippen LogP contribution < -0.4 is 5.32 Å². The van der Waals surface area contributed by atoms with E-state index in [9.17, 15) is 0 Å². The Labute approximate surface area is 163 Å². The van der Waals surface area contributed by atoms with Crippen LogP contribution in [0.1, 0.15) is 41.2 Å².